The number of aromatic nitrogens is 1. The maximum atomic E-state index is 13.2. The molecule has 0 aromatic carbocycles. The first kappa shape index (κ1) is 23.9. The van der Waals surface area contributed by atoms with Crippen LogP contribution in [-0.4, -0.2) is 82.2 Å². The molecule has 12 heteroatoms. The van der Waals surface area contributed by atoms with Crippen molar-refractivity contribution < 1.29 is 41.8 Å². The van der Waals surface area contributed by atoms with Gasteiger partial charge in [-0.2, -0.15) is 17.6 Å². The van der Waals surface area contributed by atoms with Crippen molar-refractivity contribution in [3.8, 4) is 0 Å². The van der Waals surface area contributed by atoms with Gasteiger partial charge >= 0.3 is 12.1 Å². The van der Waals surface area contributed by atoms with Crippen molar-refractivity contribution in [3.63, 3.8) is 0 Å². The number of alkyl halides is 3. The molecule has 4 rings (SSSR count). The Kier molecular flexibility index (Phi) is 7.32. The molecule has 8 nitrogen and oxygen atoms in total. The number of likely N-dealkylation sites (tertiary alicyclic amines) is 2. The summed E-state index contributed by atoms with van der Waals surface area (Å²) in [6, 6.07) is 2.69. The quantitative estimate of drug-likeness (QED) is 0.547. The Labute approximate surface area is 181 Å². The monoisotopic (exact) mass is 461 g/mol. The van der Waals surface area contributed by atoms with Gasteiger partial charge in [-0.25, -0.2) is 9.78 Å². The molecule has 32 heavy (non-hydrogen) atoms. The van der Waals surface area contributed by atoms with E-state index in [1.165, 1.54) is 12.3 Å². The molecular formula is C20H23F4N3O5. The lowest BCUT2D eigenvalue weighted by Crippen LogP contribution is -2.33. The fourth-order valence-electron chi connectivity index (χ4n) is 4.17. The molecule has 176 valence electrons. The number of hydrogen-bond donors (Lipinski definition) is 1. The number of rotatable bonds is 3. The van der Waals surface area contributed by atoms with Crippen molar-refractivity contribution in [2.75, 3.05) is 26.2 Å². The Hall–Kier alpha value is -2.76. The van der Waals surface area contributed by atoms with Gasteiger partial charge in [0.2, 0.25) is 11.9 Å². The summed E-state index contributed by atoms with van der Waals surface area (Å²) in [7, 11) is 0. The summed E-state index contributed by atoms with van der Waals surface area (Å²) in [6.45, 7) is 2.83. The van der Waals surface area contributed by atoms with Crippen LogP contribution in [0.4, 0.5) is 17.6 Å². The van der Waals surface area contributed by atoms with E-state index >= 15 is 0 Å². The summed E-state index contributed by atoms with van der Waals surface area (Å²) in [5.41, 5.74) is 0.313. The fraction of sp³-hybridized carbons (Fsp3) is 0.600. The number of pyridine rings is 1. The van der Waals surface area contributed by atoms with E-state index in [2.05, 4.69) is 4.98 Å². The lowest BCUT2D eigenvalue weighted by atomic mass is 10.0. The molecule has 0 aliphatic carbocycles. The molecule has 3 aliphatic heterocycles. The number of nitrogens with zero attached hydrogens (tertiary/aromatic N) is 3. The number of ether oxygens (including phenoxy) is 1. The van der Waals surface area contributed by atoms with Crippen LogP contribution in [0.2, 0.25) is 0 Å². The third-order valence-electron chi connectivity index (χ3n) is 5.68. The number of aliphatic carboxylic acids is 1. The van der Waals surface area contributed by atoms with Gasteiger partial charge in [0.1, 0.15) is 0 Å². The first-order chi connectivity index (χ1) is 15.0. The number of carbonyl (C=O) groups is 3. The molecule has 2 amide bonds. The Morgan fingerprint density at radius 2 is 1.81 bits per heavy atom. The summed E-state index contributed by atoms with van der Waals surface area (Å²) in [5, 5.41) is 7.12. The van der Waals surface area contributed by atoms with Crippen LogP contribution in [0.3, 0.4) is 0 Å². The van der Waals surface area contributed by atoms with Crippen LogP contribution in [0.25, 0.3) is 0 Å². The van der Waals surface area contributed by atoms with Crippen LogP contribution in [0, 0.1) is 11.9 Å². The molecule has 0 spiro atoms. The highest BCUT2D eigenvalue weighted by Crippen LogP contribution is 2.35. The summed E-state index contributed by atoms with van der Waals surface area (Å²) in [5.74, 6) is -3.16. The van der Waals surface area contributed by atoms with Crippen molar-refractivity contribution in [2.24, 2.45) is 5.92 Å². The molecule has 0 unspecified atom stereocenters. The number of fused-ring (bicyclic) bond motifs is 1. The first-order valence-electron chi connectivity index (χ1n) is 10.2. The minimum atomic E-state index is -5.08. The highest BCUT2D eigenvalue weighted by molar-refractivity contribution is 5.94. The second-order valence-corrected chi connectivity index (χ2v) is 7.96. The predicted octanol–water partition coefficient (Wildman–Crippen LogP) is 2.10. The van der Waals surface area contributed by atoms with Gasteiger partial charge in [0.15, 0.2) is 0 Å². The van der Waals surface area contributed by atoms with E-state index in [-0.39, 0.29) is 29.9 Å². The van der Waals surface area contributed by atoms with Crippen LogP contribution in [0.5, 0.6) is 0 Å². The van der Waals surface area contributed by atoms with Gasteiger partial charge in [-0.3, -0.25) is 9.59 Å². The average Bonchev–Trinajstić information content (AvgIpc) is 3.43. The zero-order valence-corrected chi connectivity index (χ0v) is 17.1. The van der Waals surface area contributed by atoms with Gasteiger partial charge in [-0.1, -0.05) is 0 Å². The molecule has 3 saturated heterocycles. The van der Waals surface area contributed by atoms with Crippen molar-refractivity contribution in [1.82, 2.24) is 14.8 Å². The van der Waals surface area contributed by atoms with E-state index in [4.69, 9.17) is 14.6 Å². The van der Waals surface area contributed by atoms with Gasteiger partial charge in [0.05, 0.1) is 18.6 Å². The van der Waals surface area contributed by atoms with Crippen LogP contribution in [-0.2, 0) is 14.3 Å². The van der Waals surface area contributed by atoms with Crippen LogP contribution < -0.4 is 0 Å². The minimum Gasteiger partial charge on any atom is -0.475 e. The van der Waals surface area contributed by atoms with Crippen LogP contribution >= 0.6 is 0 Å². The zero-order chi connectivity index (χ0) is 23.5. The minimum absolute atomic E-state index is 0.0213. The summed E-state index contributed by atoms with van der Waals surface area (Å²) in [4.78, 5) is 40.7. The topological polar surface area (TPSA) is 100 Å². The van der Waals surface area contributed by atoms with Crippen LogP contribution in [0.15, 0.2) is 18.3 Å². The van der Waals surface area contributed by atoms with Gasteiger partial charge in [0, 0.05) is 49.9 Å². The maximum absolute atomic E-state index is 13.2. The molecule has 0 saturated carbocycles. The van der Waals surface area contributed by atoms with Crippen molar-refractivity contribution in [3.05, 3.63) is 29.8 Å². The van der Waals surface area contributed by atoms with E-state index in [1.54, 1.807) is 4.90 Å². The predicted molar refractivity (Wildman–Crippen MR) is 101 cm³/mol. The van der Waals surface area contributed by atoms with Crippen molar-refractivity contribution in [1.29, 1.82) is 0 Å². The van der Waals surface area contributed by atoms with Gasteiger partial charge in [0.25, 0.3) is 5.91 Å². The molecule has 4 heterocycles. The highest BCUT2D eigenvalue weighted by Gasteiger charge is 2.44. The average molecular weight is 461 g/mol. The Bertz CT molecular complexity index is 846. The summed E-state index contributed by atoms with van der Waals surface area (Å²) < 4.78 is 51.0. The largest absolute Gasteiger partial charge is 0.490 e. The Morgan fingerprint density at radius 1 is 1.16 bits per heavy atom. The number of carboxylic acids is 1. The molecule has 1 aromatic rings. The molecule has 0 bridgehead atoms. The lowest BCUT2D eigenvalue weighted by molar-refractivity contribution is -0.192. The van der Waals surface area contributed by atoms with E-state index in [0.717, 1.165) is 38.4 Å². The second-order valence-electron chi connectivity index (χ2n) is 7.96. The Balaban J connectivity index is 0.000000360. The van der Waals surface area contributed by atoms with Crippen LogP contribution in [0.1, 0.15) is 36.0 Å². The van der Waals surface area contributed by atoms with E-state index in [1.807, 2.05) is 4.90 Å². The first-order valence-corrected chi connectivity index (χ1v) is 10.2. The zero-order valence-electron chi connectivity index (χ0n) is 17.1. The number of amides is 2. The van der Waals surface area contributed by atoms with Crippen molar-refractivity contribution >= 4 is 17.8 Å². The van der Waals surface area contributed by atoms with Gasteiger partial charge in [-0.15, -0.1) is 0 Å². The third-order valence-corrected chi connectivity index (χ3v) is 5.68. The molecule has 1 aromatic heterocycles. The Morgan fingerprint density at radius 3 is 2.38 bits per heavy atom. The lowest BCUT2D eigenvalue weighted by Gasteiger charge is -2.21. The van der Waals surface area contributed by atoms with E-state index in [9.17, 15) is 27.2 Å². The molecule has 3 atom stereocenters. The maximum Gasteiger partial charge on any atom is 0.490 e. The number of carbonyl (C=O) groups excluding carboxylic acids is 2. The molecule has 0 radical (unpaired) electrons. The molecule has 3 aliphatic rings. The normalized spacial score (nSPS) is 24.7. The number of carboxylic acid groups (broad SMARTS) is 1. The fourth-order valence-corrected chi connectivity index (χ4v) is 4.17. The van der Waals surface area contributed by atoms with E-state index in [0.29, 0.717) is 25.1 Å². The molecule has 1 N–H and O–H groups in total. The smallest absolute Gasteiger partial charge is 0.475 e. The third kappa shape index (κ3) is 5.93. The second kappa shape index (κ2) is 9.80. The SMILES string of the molecule is O=C(C[C@@H]1C[C@H]2CN(C(=O)c3ccnc(F)c3)C[C@H]2O1)N1CCCC1.O=C(O)C(F)(F)F. The summed E-state index contributed by atoms with van der Waals surface area (Å²) in [6.07, 6.45) is -0.416. The number of hydrogen-bond acceptors (Lipinski definition) is 5. The number of halogens is 4. The summed E-state index contributed by atoms with van der Waals surface area (Å²) >= 11 is 0. The van der Waals surface area contributed by atoms with E-state index < -0.39 is 18.1 Å². The van der Waals surface area contributed by atoms with Gasteiger partial charge in [-0.05, 0) is 25.3 Å². The van der Waals surface area contributed by atoms with Gasteiger partial charge < -0.3 is 19.6 Å². The van der Waals surface area contributed by atoms with Crippen molar-refractivity contribution in [2.45, 2.75) is 44.1 Å². The molecular weight excluding hydrogens is 438 g/mol. The molecule has 3 fully saturated rings. The highest BCUT2D eigenvalue weighted by atomic mass is 19.4. The standard InChI is InChI=1S/C18H22FN3O3.C2HF3O2/c19-16-8-12(3-4-20-16)18(24)22-10-13-7-14(25-15(13)11-22)9-17(23)21-5-1-2-6-21;3-2(4,5)1(6)7/h3-4,8,13-15H,1-2,5-7,9-11H2;(H,6,7)/t13-,14-,15+;/m0./s1.